The SMILES string of the molecule is CCCNC(=O)[C@@H](Cc1ccccc1)N(Cc1ccccc1F)C(=O)CSCc1ccc(OC)cc1. The predicted molar refractivity (Wildman–Crippen MR) is 143 cm³/mol. The van der Waals surface area contributed by atoms with Gasteiger partial charge in [-0.1, -0.05) is 67.6 Å². The number of amides is 2. The Labute approximate surface area is 217 Å². The van der Waals surface area contributed by atoms with Crippen LogP contribution in [-0.2, 0) is 28.3 Å². The van der Waals surface area contributed by atoms with Crippen molar-refractivity contribution in [2.75, 3.05) is 19.4 Å². The highest BCUT2D eigenvalue weighted by molar-refractivity contribution is 7.99. The van der Waals surface area contributed by atoms with Gasteiger partial charge >= 0.3 is 0 Å². The fourth-order valence-electron chi connectivity index (χ4n) is 3.79. The van der Waals surface area contributed by atoms with Gasteiger partial charge in [-0.3, -0.25) is 9.59 Å². The maximum atomic E-state index is 14.6. The number of hydrogen-bond donors (Lipinski definition) is 1. The van der Waals surface area contributed by atoms with Gasteiger partial charge in [0.15, 0.2) is 0 Å². The molecule has 7 heteroatoms. The summed E-state index contributed by atoms with van der Waals surface area (Å²) in [6.45, 7) is 2.51. The minimum Gasteiger partial charge on any atom is -0.497 e. The van der Waals surface area contributed by atoms with Crippen molar-refractivity contribution in [1.29, 1.82) is 0 Å². The van der Waals surface area contributed by atoms with Crippen LogP contribution in [0.3, 0.4) is 0 Å². The zero-order valence-corrected chi connectivity index (χ0v) is 21.6. The minimum atomic E-state index is -0.757. The highest BCUT2D eigenvalue weighted by Gasteiger charge is 2.30. The summed E-state index contributed by atoms with van der Waals surface area (Å²) < 4.78 is 19.8. The van der Waals surface area contributed by atoms with Crippen LogP contribution >= 0.6 is 11.8 Å². The van der Waals surface area contributed by atoms with Gasteiger partial charge in [0.25, 0.3) is 0 Å². The fourth-order valence-corrected chi connectivity index (χ4v) is 4.66. The quantitative estimate of drug-likeness (QED) is 0.343. The molecule has 3 aromatic carbocycles. The number of thioether (sulfide) groups is 1. The summed E-state index contributed by atoms with van der Waals surface area (Å²) in [4.78, 5) is 28.3. The molecule has 0 saturated heterocycles. The van der Waals surface area contributed by atoms with E-state index in [4.69, 9.17) is 4.74 Å². The van der Waals surface area contributed by atoms with Crippen LogP contribution in [0.25, 0.3) is 0 Å². The number of ether oxygens (including phenoxy) is 1. The number of carbonyl (C=O) groups excluding carboxylic acids is 2. The monoisotopic (exact) mass is 508 g/mol. The maximum absolute atomic E-state index is 14.6. The second-order valence-electron chi connectivity index (χ2n) is 8.45. The van der Waals surface area contributed by atoms with E-state index in [1.165, 1.54) is 22.7 Å². The molecule has 1 atom stereocenters. The largest absolute Gasteiger partial charge is 0.497 e. The standard InChI is InChI=1S/C29H33FN2O3S/c1-3-17-31-29(34)27(18-22-9-5-4-6-10-22)32(19-24-11-7-8-12-26(24)30)28(33)21-36-20-23-13-15-25(35-2)16-14-23/h4-16,27H,3,17-21H2,1-2H3,(H,31,34)/t27-/m1/s1. The van der Waals surface area contributed by atoms with Gasteiger partial charge in [0.05, 0.1) is 12.9 Å². The predicted octanol–water partition coefficient (Wildman–Crippen LogP) is 5.23. The third-order valence-electron chi connectivity index (χ3n) is 5.77. The van der Waals surface area contributed by atoms with Crippen molar-refractivity contribution in [3.63, 3.8) is 0 Å². The molecule has 3 rings (SSSR count). The van der Waals surface area contributed by atoms with Gasteiger partial charge < -0.3 is 15.0 Å². The first-order valence-corrected chi connectivity index (χ1v) is 13.2. The van der Waals surface area contributed by atoms with E-state index in [0.717, 1.165) is 23.3 Å². The molecule has 0 aliphatic carbocycles. The van der Waals surface area contributed by atoms with Crippen molar-refractivity contribution in [3.05, 3.63) is 101 Å². The summed E-state index contributed by atoms with van der Waals surface area (Å²) in [5.74, 6) is 0.753. The van der Waals surface area contributed by atoms with Gasteiger partial charge in [0.1, 0.15) is 17.6 Å². The summed E-state index contributed by atoms with van der Waals surface area (Å²) in [5.41, 5.74) is 2.38. The van der Waals surface area contributed by atoms with Crippen molar-refractivity contribution in [2.45, 2.75) is 38.1 Å². The van der Waals surface area contributed by atoms with Gasteiger partial charge in [0, 0.05) is 30.8 Å². The van der Waals surface area contributed by atoms with E-state index in [0.29, 0.717) is 24.3 Å². The third-order valence-corrected chi connectivity index (χ3v) is 6.76. The number of methoxy groups -OCH3 is 1. The lowest BCUT2D eigenvalue weighted by Gasteiger charge is -2.31. The normalized spacial score (nSPS) is 11.5. The minimum absolute atomic E-state index is 0.0195. The summed E-state index contributed by atoms with van der Waals surface area (Å²) in [6, 6.07) is 22.9. The fraction of sp³-hybridized carbons (Fsp3) is 0.310. The highest BCUT2D eigenvalue weighted by atomic mass is 32.2. The van der Waals surface area contributed by atoms with Crippen LogP contribution in [-0.4, -0.2) is 42.2 Å². The van der Waals surface area contributed by atoms with Crippen LogP contribution in [0.2, 0.25) is 0 Å². The molecule has 0 heterocycles. The lowest BCUT2D eigenvalue weighted by atomic mass is 10.0. The lowest BCUT2D eigenvalue weighted by molar-refractivity contribution is -0.139. The van der Waals surface area contributed by atoms with E-state index in [9.17, 15) is 14.0 Å². The number of halogens is 1. The second-order valence-corrected chi connectivity index (χ2v) is 9.44. The summed E-state index contributed by atoms with van der Waals surface area (Å²) >= 11 is 1.47. The number of nitrogens with zero attached hydrogens (tertiary/aromatic N) is 1. The molecule has 0 unspecified atom stereocenters. The molecule has 0 aliphatic heterocycles. The summed E-state index contributed by atoms with van der Waals surface area (Å²) in [5, 5.41) is 2.94. The van der Waals surface area contributed by atoms with E-state index in [-0.39, 0.29) is 24.1 Å². The molecule has 0 aromatic heterocycles. The molecule has 0 saturated carbocycles. The third kappa shape index (κ3) is 8.12. The average Bonchev–Trinajstić information content (AvgIpc) is 2.91. The molecule has 0 radical (unpaired) electrons. The van der Waals surface area contributed by atoms with Crippen molar-refractivity contribution >= 4 is 23.6 Å². The Morgan fingerprint density at radius 3 is 2.33 bits per heavy atom. The summed E-state index contributed by atoms with van der Waals surface area (Å²) in [7, 11) is 1.62. The van der Waals surface area contributed by atoms with Crippen molar-refractivity contribution < 1.29 is 18.7 Å². The van der Waals surface area contributed by atoms with Gasteiger partial charge in [-0.05, 0) is 35.7 Å². The van der Waals surface area contributed by atoms with Crippen LogP contribution < -0.4 is 10.1 Å². The zero-order valence-electron chi connectivity index (χ0n) is 20.8. The molecule has 3 aromatic rings. The molecule has 0 spiro atoms. The zero-order chi connectivity index (χ0) is 25.8. The first kappa shape index (κ1) is 27.3. The summed E-state index contributed by atoms with van der Waals surface area (Å²) in [6.07, 6.45) is 1.13. The molecular formula is C29H33FN2O3S. The number of nitrogens with one attached hydrogen (secondary N) is 1. The smallest absolute Gasteiger partial charge is 0.243 e. The molecule has 36 heavy (non-hydrogen) atoms. The number of rotatable bonds is 13. The average molecular weight is 509 g/mol. The number of carbonyl (C=O) groups is 2. The topological polar surface area (TPSA) is 58.6 Å². The van der Waals surface area contributed by atoms with Crippen LogP contribution in [0.1, 0.15) is 30.0 Å². The molecular weight excluding hydrogens is 475 g/mol. The molecule has 0 aliphatic rings. The van der Waals surface area contributed by atoms with Crippen molar-refractivity contribution in [3.8, 4) is 5.75 Å². The number of benzene rings is 3. The molecule has 0 fully saturated rings. The van der Waals surface area contributed by atoms with E-state index in [1.54, 1.807) is 25.3 Å². The van der Waals surface area contributed by atoms with E-state index < -0.39 is 11.9 Å². The van der Waals surface area contributed by atoms with Gasteiger partial charge in [-0.15, -0.1) is 11.8 Å². The molecule has 0 bridgehead atoms. The molecule has 190 valence electrons. The Balaban J connectivity index is 1.82. The van der Waals surface area contributed by atoms with E-state index >= 15 is 0 Å². The maximum Gasteiger partial charge on any atom is 0.243 e. The van der Waals surface area contributed by atoms with Gasteiger partial charge in [0.2, 0.25) is 11.8 Å². The Hall–Kier alpha value is -3.32. The Morgan fingerprint density at radius 1 is 0.972 bits per heavy atom. The molecule has 5 nitrogen and oxygen atoms in total. The number of hydrogen-bond acceptors (Lipinski definition) is 4. The van der Waals surface area contributed by atoms with Crippen molar-refractivity contribution in [1.82, 2.24) is 10.2 Å². The van der Waals surface area contributed by atoms with Crippen LogP contribution in [0.15, 0.2) is 78.9 Å². The highest BCUT2D eigenvalue weighted by Crippen LogP contribution is 2.20. The first-order valence-electron chi connectivity index (χ1n) is 12.1. The molecule has 2 amide bonds. The Kier molecular flexibility index (Phi) is 10.8. The Morgan fingerprint density at radius 2 is 1.67 bits per heavy atom. The van der Waals surface area contributed by atoms with Crippen LogP contribution in [0.4, 0.5) is 4.39 Å². The van der Waals surface area contributed by atoms with Gasteiger partial charge in [-0.2, -0.15) is 0 Å². The molecule has 1 N–H and O–H groups in total. The van der Waals surface area contributed by atoms with Crippen LogP contribution in [0.5, 0.6) is 5.75 Å². The second kappa shape index (κ2) is 14.3. The van der Waals surface area contributed by atoms with Gasteiger partial charge in [-0.25, -0.2) is 4.39 Å². The van der Waals surface area contributed by atoms with E-state index in [2.05, 4.69) is 5.32 Å². The van der Waals surface area contributed by atoms with Crippen LogP contribution in [0, 0.1) is 5.82 Å². The first-order chi connectivity index (χ1) is 17.5. The Bertz CT molecular complexity index is 1110. The van der Waals surface area contributed by atoms with Crippen molar-refractivity contribution in [2.24, 2.45) is 0 Å². The van der Waals surface area contributed by atoms with E-state index in [1.807, 2.05) is 61.5 Å². The lowest BCUT2D eigenvalue weighted by Crippen LogP contribution is -2.51.